The molecule has 0 aromatic carbocycles. The Morgan fingerprint density at radius 3 is 2.90 bits per heavy atom. The maximum atomic E-state index is 3.62. The first-order valence-corrected chi connectivity index (χ1v) is 4.73. The van der Waals surface area contributed by atoms with Crippen LogP contribution < -0.4 is 5.32 Å². The topological polar surface area (TPSA) is 12.0 Å². The van der Waals surface area contributed by atoms with E-state index in [0.717, 1.165) is 13.1 Å². The Morgan fingerprint density at radius 2 is 2.30 bits per heavy atom. The summed E-state index contributed by atoms with van der Waals surface area (Å²) in [6.45, 7) is 5.63. The summed E-state index contributed by atoms with van der Waals surface area (Å²) in [5, 5.41) is 3.24. The molecule has 0 saturated heterocycles. The van der Waals surface area contributed by atoms with Crippen LogP contribution in [-0.4, -0.2) is 13.1 Å². The highest BCUT2D eigenvalue weighted by atomic mass is 127. The van der Waals surface area contributed by atoms with Crippen molar-refractivity contribution in [2.24, 2.45) is 0 Å². The van der Waals surface area contributed by atoms with E-state index in [0.29, 0.717) is 0 Å². The molecule has 0 aliphatic heterocycles. The summed E-state index contributed by atoms with van der Waals surface area (Å²) in [5.41, 5.74) is 0. The molecular formula is C8H14IN. The molecule has 0 unspecified atom stereocenters. The maximum Gasteiger partial charge on any atom is 0.0132 e. The summed E-state index contributed by atoms with van der Waals surface area (Å²) in [6, 6.07) is 0. The van der Waals surface area contributed by atoms with Crippen LogP contribution in [0.4, 0.5) is 0 Å². The minimum Gasteiger partial charge on any atom is -0.313 e. The summed E-state index contributed by atoms with van der Waals surface area (Å²) in [4.78, 5) is 0. The minimum absolute atomic E-state index is 0.925. The smallest absolute Gasteiger partial charge is 0.0132 e. The summed E-state index contributed by atoms with van der Waals surface area (Å²) >= 11 is 2.24. The summed E-state index contributed by atoms with van der Waals surface area (Å²) < 4.78 is 2.06. The molecule has 0 heterocycles. The third kappa shape index (κ3) is 8.17. The standard InChI is InChI=1S/C8H14IN/c1-2-7-10-8-5-3-4-6-9/h2,4,6,10H,1,3,5,7-8H2/b6-4+. The highest BCUT2D eigenvalue weighted by Crippen LogP contribution is 1.92. The largest absolute Gasteiger partial charge is 0.313 e. The average Bonchev–Trinajstić information content (AvgIpc) is 1.97. The zero-order chi connectivity index (χ0) is 7.66. The van der Waals surface area contributed by atoms with E-state index in [4.69, 9.17) is 0 Å². The summed E-state index contributed by atoms with van der Waals surface area (Å²) in [6.07, 6.45) is 6.45. The van der Waals surface area contributed by atoms with E-state index in [-0.39, 0.29) is 0 Å². The molecule has 0 spiro atoms. The van der Waals surface area contributed by atoms with Crippen LogP contribution >= 0.6 is 22.6 Å². The fourth-order valence-electron chi connectivity index (χ4n) is 0.612. The first kappa shape index (κ1) is 10.2. The molecule has 0 radical (unpaired) electrons. The van der Waals surface area contributed by atoms with Gasteiger partial charge in [-0.05, 0) is 23.5 Å². The number of halogens is 1. The quantitative estimate of drug-likeness (QED) is 0.434. The monoisotopic (exact) mass is 251 g/mol. The van der Waals surface area contributed by atoms with Crippen molar-refractivity contribution in [2.45, 2.75) is 12.8 Å². The van der Waals surface area contributed by atoms with E-state index in [1.54, 1.807) is 0 Å². The van der Waals surface area contributed by atoms with Gasteiger partial charge in [0.05, 0.1) is 0 Å². The van der Waals surface area contributed by atoms with Crippen molar-refractivity contribution in [3.05, 3.63) is 22.8 Å². The lowest BCUT2D eigenvalue weighted by atomic mass is 10.3. The van der Waals surface area contributed by atoms with E-state index >= 15 is 0 Å². The van der Waals surface area contributed by atoms with Crippen LogP contribution in [-0.2, 0) is 0 Å². The van der Waals surface area contributed by atoms with Crippen LogP contribution in [0.25, 0.3) is 0 Å². The van der Waals surface area contributed by atoms with Crippen LogP contribution in [0.3, 0.4) is 0 Å². The van der Waals surface area contributed by atoms with Crippen molar-refractivity contribution < 1.29 is 0 Å². The molecule has 1 nitrogen and oxygen atoms in total. The van der Waals surface area contributed by atoms with Crippen LogP contribution in [0.15, 0.2) is 22.8 Å². The van der Waals surface area contributed by atoms with Gasteiger partial charge in [-0.25, -0.2) is 0 Å². The van der Waals surface area contributed by atoms with Crippen molar-refractivity contribution in [1.82, 2.24) is 5.32 Å². The molecule has 0 aliphatic rings. The van der Waals surface area contributed by atoms with Crippen LogP contribution in [0.2, 0.25) is 0 Å². The predicted octanol–water partition coefficient (Wildman–Crippen LogP) is 2.49. The Kier molecular flexibility index (Phi) is 9.33. The third-order valence-corrected chi connectivity index (χ3v) is 1.61. The number of hydrogen-bond acceptors (Lipinski definition) is 1. The second-order valence-corrected chi connectivity index (χ2v) is 2.72. The number of allylic oxidation sites excluding steroid dienone is 1. The minimum atomic E-state index is 0.925. The zero-order valence-corrected chi connectivity index (χ0v) is 8.30. The highest BCUT2D eigenvalue weighted by molar-refractivity contribution is 14.1. The Morgan fingerprint density at radius 1 is 1.50 bits per heavy atom. The molecule has 0 saturated carbocycles. The molecule has 0 amide bonds. The zero-order valence-electron chi connectivity index (χ0n) is 6.15. The molecule has 10 heavy (non-hydrogen) atoms. The van der Waals surface area contributed by atoms with Gasteiger partial charge in [0, 0.05) is 6.54 Å². The lowest BCUT2D eigenvalue weighted by Gasteiger charge is -1.96. The van der Waals surface area contributed by atoms with Gasteiger partial charge in [0.25, 0.3) is 0 Å². The number of unbranched alkanes of at least 4 members (excludes halogenated alkanes) is 1. The second-order valence-electron chi connectivity index (χ2n) is 2.00. The Bertz CT molecular complexity index is 99.4. The van der Waals surface area contributed by atoms with Crippen molar-refractivity contribution in [2.75, 3.05) is 13.1 Å². The van der Waals surface area contributed by atoms with Gasteiger partial charge in [0.2, 0.25) is 0 Å². The summed E-state index contributed by atoms with van der Waals surface area (Å²) in [5.74, 6) is 0. The van der Waals surface area contributed by atoms with Crippen molar-refractivity contribution in [3.8, 4) is 0 Å². The predicted molar refractivity (Wildman–Crippen MR) is 55.5 cm³/mol. The third-order valence-electron chi connectivity index (χ3n) is 1.10. The molecule has 0 aromatic heterocycles. The van der Waals surface area contributed by atoms with Gasteiger partial charge in [0.1, 0.15) is 0 Å². The highest BCUT2D eigenvalue weighted by Gasteiger charge is 1.81. The second kappa shape index (κ2) is 9.17. The molecule has 0 fully saturated rings. The first-order chi connectivity index (χ1) is 4.91. The van der Waals surface area contributed by atoms with Crippen LogP contribution in [0.5, 0.6) is 0 Å². The molecule has 0 rings (SSSR count). The van der Waals surface area contributed by atoms with E-state index in [9.17, 15) is 0 Å². The van der Waals surface area contributed by atoms with Crippen LogP contribution in [0.1, 0.15) is 12.8 Å². The number of nitrogens with one attached hydrogen (secondary N) is 1. The van der Waals surface area contributed by atoms with Gasteiger partial charge in [0.15, 0.2) is 0 Å². The fourth-order valence-corrected chi connectivity index (χ4v) is 0.972. The molecule has 0 atom stereocenters. The first-order valence-electron chi connectivity index (χ1n) is 3.48. The maximum absolute atomic E-state index is 3.62. The molecule has 0 aliphatic carbocycles. The van der Waals surface area contributed by atoms with Crippen molar-refractivity contribution in [3.63, 3.8) is 0 Å². The Labute approximate surface area is 76.7 Å². The van der Waals surface area contributed by atoms with E-state index in [1.807, 2.05) is 6.08 Å². The molecule has 0 bridgehead atoms. The van der Waals surface area contributed by atoms with E-state index < -0.39 is 0 Å². The molecule has 2 heteroatoms. The van der Waals surface area contributed by atoms with Gasteiger partial charge >= 0.3 is 0 Å². The van der Waals surface area contributed by atoms with Gasteiger partial charge in [-0.1, -0.05) is 34.7 Å². The molecule has 58 valence electrons. The van der Waals surface area contributed by atoms with Gasteiger partial charge < -0.3 is 5.32 Å². The normalized spacial score (nSPS) is 10.5. The molecule has 0 aromatic rings. The number of rotatable bonds is 6. The fraction of sp³-hybridized carbons (Fsp3) is 0.500. The lowest BCUT2D eigenvalue weighted by molar-refractivity contribution is 0.701. The van der Waals surface area contributed by atoms with Crippen molar-refractivity contribution >= 4 is 22.6 Å². The van der Waals surface area contributed by atoms with Gasteiger partial charge in [-0.15, -0.1) is 6.58 Å². The number of hydrogen-bond donors (Lipinski definition) is 1. The van der Waals surface area contributed by atoms with Crippen LogP contribution in [0, 0.1) is 0 Å². The Balaban J connectivity index is 2.83. The average molecular weight is 251 g/mol. The van der Waals surface area contributed by atoms with Gasteiger partial charge in [-0.2, -0.15) is 0 Å². The van der Waals surface area contributed by atoms with Gasteiger partial charge in [-0.3, -0.25) is 0 Å². The Hall–Kier alpha value is 0.170. The molecular weight excluding hydrogens is 237 g/mol. The van der Waals surface area contributed by atoms with Crippen molar-refractivity contribution in [1.29, 1.82) is 0 Å². The lowest BCUT2D eigenvalue weighted by Crippen LogP contribution is -2.14. The molecule has 1 N–H and O–H groups in total. The summed E-state index contributed by atoms with van der Waals surface area (Å²) in [7, 11) is 0. The SMILES string of the molecule is C=CCNCCC/C=C/I. The van der Waals surface area contributed by atoms with E-state index in [2.05, 4.69) is 44.6 Å². The van der Waals surface area contributed by atoms with E-state index in [1.165, 1.54) is 12.8 Å².